The Balaban J connectivity index is 1.93. The molecule has 0 radical (unpaired) electrons. The highest BCUT2D eigenvalue weighted by molar-refractivity contribution is 7.98. The lowest BCUT2D eigenvalue weighted by Gasteiger charge is -2.21. The minimum atomic E-state index is -4.38. The predicted octanol–water partition coefficient (Wildman–Crippen LogP) is 0.212. The molecule has 0 amide bonds. The molecule has 4 N–H and O–H groups in total. The van der Waals surface area contributed by atoms with Gasteiger partial charge in [0.15, 0.2) is 6.23 Å². The van der Waals surface area contributed by atoms with Crippen LogP contribution >= 0.6 is 19.5 Å². The van der Waals surface area contributed by atoms with Crippen molar-refractivity contribution in [3.8, 4) is 0 Å². The Labute approximate surface area is 164 Å². The number of thioether (sulfide) groups is 1. The smallest absolute Gasteiger partial charge is 0.403 e. The molecule has 2 rings (SSSR count). The summed E-state index contributed by atoms with van der Waals surface area (Å²) in [5.41, 5.74) is -0.824. The van der Waals surface area contributed by atoms with Gasteiger partial charge in [0.05, 0.1) is 6.61 Å². The lowest BCUT2D eigenvalue weighted by atomic mass is 10.2. The fourth-order valence-corrected chi connectivity index (χ4v) is 3.93. The Morgan fingerprint density at radius 3 is 2.86 bits per heavy atom. The van der Waals surface area contributed by atoms with Crippen LogP contribution in [0.1, 0.15) is 18.2 Å². The van der Waals surface area contributed by atoms with Crippen molar-refractivity contribution in [1.82, 2.24) is 14.6 Å². The van der Waals surface area contributed by atoms with Gasteiger partial charge >= 0.3 is 19.4 Å². The molecule has 0 spiro atoms. The molecule has 11 nitrogen and oxygen atoms in total. The second kappa shape index (κ2) is 9.68. The number of ether oxygens (including phenoxy) is 1. The topological polar surface area (TPSA) is 160 Å². The Kier molecular flexibility index (Phi) is 7.81. The first kappa shape index (κ1) is 22.6. The SMILES string of the molecule is CSCC[C@H](NP(=O)(O)OC[C@@H]1C=C[C@H](n2cc(C)c(=O)[nH]c2=O)O1)C(=O)O. The van der Waals surface area contributed by atoms with Crippen LogP contribution in [0.3, 0.4) is 0 Å². The van der Waals surface area contributed by atoms with Crippen LogP contribution in [0.15, 0.2) is 27.9 Å². The van der Waals surface area contributed by atoms with E-state index in [4.69, 9.17) is 14.4 Å². The summed E-state index contributed by atoms with van der Waals surface area (Å²) in [6.45, 7) is 1.21. The van der Waals surface area contributed by atoms with Crippen LogP contribution in [0.5, 0.6) is 0 Å². The lowest BCUT2D eigenvalue weighted by molar-refractivity contribution is -0.139. The number of hydrogen-bond acceptors (Lipinski definition) is 7. The first-order valence-corrected chi connectivity index (χ1v) is 11.2. The Hall–Kier alpha value is -1.69. The molecule has 1 aromatic heterocycles. The molecule has 1 aliphatic rings. The zero-order chi connectivity index (χ0) is 20.9. The van der Waals surface area contributed by atoms with E-state index in [2.05, 4.69) is 10.1 Å². The summed E-state index contributed by atoms with van der Waals surface area (Å²) in [6, 6.07) is -1.22. The van der Waals surface area contributed by atoms with Gasteiger partial charge in [0.2, 0.25) is 0 Å². The average molecular weight is 435 g/mol. The van der Waals surface area contributed by atoms with Crippen LogP contribution in [0.25, 0.3) is 0 Å². The molecule has 1 unspecified atom stereocenters. The molecule has 0 saturated carbocycles. The summed E-state index contributed by atoms with van der Waals surface area (Å²) in [4.78, 5) is 46.5. The molecule has 0 aromatic carbocycles. The van der Waals surface area contributed by atoms with Gasteiger partial charge < -0.3 is 14.7 Å². The molecule has 4 atom stereocenters. The number of nitrogens with zero attached hydrogens (tertiary/aromatic N) is 1. The summed E-state index contributed by atoms with van der Waals surface area (Å²) in [5, 5.41) is 11.2. The number of H-pyrrole nitrogens is 1. The molecule has 13 heteroatoms. The van der Waals surface area contributed by atoms with Crippen LogP contribution in [0, 0.1) is 6.92 Å². The summed E-state index contributed by atoms with van der Waals surface area (Å²) < 4.78 is 23.8. The third-order valence-corrected chi connectivity index (χ3v) is 5.65. The van der Waals surface area contributed by atoms with Gasteiger partial charge in [-0.3, -0.25) is 23.7 Å². The molecule has 156 valence electrons. The molecule has 1 aromatic rings. The largest absolute Gasteiger partial charge is 0.480 e. The molecule has 28 heavy (non-hydrogen) atoms. The Morgan fingerprint density at radius 1 is 1.50 bits per heavy atom. The fourth-order valence-electron chi connectivity index (χ4n) is 2.40. The van der Waals surface area contributed by atoms with E-state index >= 15 is 0 Å². The minimum Gasteiger partial charge on any atom is -0.480 e. The number of aromatic nitrogens is 2. The Bertz CT molecular complexity index is 898. The molecule has 0 aliphatic carbocycles. The van der Waals surface area contributed by atoms with Crippen molar-refractivity contribution in [2.45, 2.75) is 31.7 Å². The third kappa shape index (κ3) is 6.16. The number of nitrogens with one attached hydrogen (secondary N) is 2. The van der Waals surface area contributed by atoms with Gasteiger partial charge in [0.25, 0.3) is 5.56 Å². The molecule has 0 bridgehead atoms. The number of hydrogen-bond donors (Lipinski definition) is 4. The highest BCUT2D eigenvalue weighted by Gasteiger charge is 2.31. The third-order valence-electron chi connectivity index (χ3n) is 3.87. The van der Waals surface area contributed by atoms with E-state index in [1.54, 1.807) is 18.4 Å². The number of carbonyl (C=O) groups is 1. The maximum Gasteiger partial charge on any atom is 0.403 e. The highest BCUT2D eigenvalue weighted by Crippen LogP contribution is 2.39. The van der Waals surface area contributed by atoms with E-state index in [0.29, 0.717) is 11.3 Å². The van der Waals surface area contributed by atoms with Gasteiger partial charge in [-0.1, -0.05) is 6.08 Å². The van der Waals surface area contributed by atoms with Gasteiger partial charge in [-0.15, -0.1) is 0 Å². The molecule has 2 heterocycles. The van der Waals surface area contributed by atoms with E-state index in [0.717, 1.165) is 0 Å². The number of carboxylic acid groups (broad SMARTS) is 1. The van der Waals surface area contributed by atoms with E-state index in [9.17, 15) is 23.8 Å². The maximum atomic E-state index is 12.1. The lowest BCUT2D eigenvalue weighted by Crippen LogP contribution is -2.36. The van der Waals surface area contributed by atoms with Crippen LogP contribution in [0.4, 0.5) is 0 Å². The van der Waals surface area contributed by atoms with Crippen molar-refractivity contribution in [3.05, 3.63) is 44.8 Å². The quantitative estimate of drug-likeness (QED) is 0.295. The molecular weight excluding hydrogens is 413 g/mol. The molecule has 1 aliphatic heterocycles. The van der Waals surface area contributed by atoms with Crippen molar-refractivity contribution in [3.63, 3.8) is 0 Å². The number of rotatable bonds is 10. The van der Waals surface area contributed by atoms with Crippen LogP contribution in [-0.2, 0) is 18.6 Å². The summed E-state index contributed by atoms with van der Waals surface area (Å²) >= 11 is 1.41. The number of aromatic amines is 1. The van der Waals surface area contributed by atoms with E-state index in [-0.39, 0.29) is 13.0 Å². The standard InChI is InChI=1S/C15H22N3O8PS/c1-9-7-18(15(22)16-13(9)19)12-4-3-10(26-12)8-25-27(23,24)17-11(14(20)21)5-6-28-2/h3-4,7,10-12H,5-6,8H2,1-2H3,(H,20,21)(H,16,19,22)(H2,17,23,24)/t10-,11-,12+/m0/s1. The number of carboxylic acids is 1. The monoisotopic (exact) mass is 435 g/mol. The summed E-state index contributed by atoms with van der Waals surface area (Å²) in [5.74, 6) is -0.759. The zero-order valence-corrected chi connectivity index (χ0v) is 16.9. The fraction of sp³-hybridized carbons (Fsp3) is 0.533. The normalized spacial score (nSPS) is 22.1. The van der Waals surface area contributed by atoms with Gasteiger partial charge in [0.1, 0.15) is 12.1 Å². The zero-order valence-electron chi connectivity index (χ0n) is 15.2. The van der Waals surface area contributed by atoms with Crippen molar-refractivity contribution in [2.75, 3.05) is 18.6 Å². The van der Waals surface area contributed by atoms with Gasteiger partial charge in [-0.2, -0.15) is 11.8 Å². The Morgan fingerprint density at radius 2 is 2.21 bits per heavy atom. The van der Waals surface area contributed by atoms with E-state index < -0.39 is 43.3 Å². The second-order valence-electron chi connectivity index (χ2n) is 6.05. The molecule has 0 fully saturated rings. The predicted molar refractivity (Wildman–Crippen MR) is 102 cm³/mol. The second-order valence-corrected chi connectivity index (χ2v) is 8.59. The van der Waals surface area contributed by atoms with Crippen molar-refractivity contribution in [1.29, 1.82) is 0 Å². The van der Waals surface area contributed by atoms with Crippen molar-refractivity contribution in [2.24, 2.45) is 0 Å². The van der Waals surface area contributed by atoms with Gasteiger partial charge in [0, 0.05) is 11.8 Å². The van der Waals surface area contributed by atoms with Gasteiger partial charge in [-0.05, 0) is 31.4 Å². The van der Waals surface area contributed by atoms with Gasteiger partial charge in [-0.25, -0.2) is 14.4 Å². The van der Waals surface area contributed by atoms with E-state index in [1.165, 1.54) is 29.4 Å². The van der Waals surface area contributed by atoms with Crippen LogP contribution < -0.4 is 16.3 Å². The van der Waals surface area contributed by atoms with Crippen molar-refractivity contribution >= 4 is 25.5 Å². The average Bonchev–Trinajstić information content (AvgIpc) is 3.08. The first-order valence-electron chi connectivity index (χ1n) is 8.25. The minimum absolute atomic E-state index is 0.154. The molecule has 0 saturated heterocycles. The first-order chi connectivity index (χ1) is 13.1. The number of aryl methyl sites for hydroxylation is 1. The maximum absolute atomic E-state index is 12.1. The van der Waals surface area contributed by atoms with Crippen molar-refractivity contribution < 1.29 is 28.6 Å². The summed E-state index contributed by atoms with van der Waals surface area (Å²) in [6.07, 6.45) is 4.84. The van der Waals surface area contributed by atoms with Crippen LogP contribution in [0.2, 0.25) is 0 Å². The van der Waals surface area contributed by atoms with E-state index in [1.807, 2.05) is 0 Å². The van der Waals surface area contributed by atoms with Crippen LogP contribution in [-0.4, -0.2) is 56.3 Å². The molecular formula is C15H22N3O8PS. The summed E-state index contributed by atoms with van der Waals surface area (Å²) in [7, 11) is -4.38. The number of aliphatic carboxylic acids is 1. The highest BCUT2D eigenvalue weighted by atomic mass is 32.2.